The van der Waals surface area contributed by atoms with Gasteiger partial charge in [0.1, 0.15) is 11.9 Å². The Hall–Kier alpha value is -2.40. The SMILES string of the molecule is CCNC(=O)C(C)N(Cc1ccc(Cl)cc1)C(=O)Cc1ccc(F)cc1. The summed E-state index contributed by atoms with van der Waals surface area (Å²) in [6.45, 7) is 4.30. The second kappa shape index (κ2) is 9.34. The van der Waals surface area contributed by atoms with Crippen LogP contribution in [0.3, 0.4) is 0 Å². The maximum absolute atomic E-state index is 13.1. The van der Waals surface area contributed by atoms with Crippen LogP contribution in [0.25, 0.3) is 0 Å². The molecule has 0 fully saturated rings. The van der Waals surface area contributed by atoms with Gasteiger partial charge in [-0.15, -0.1) is 0 Å². The van der Waals surface area contributed by atoms with Crippen molar-refractivity contribution in [3.8, 4) is 0 Å². The van der Waals surface area contributed by atoms with Crippen molar-refractivity contribution in [2.45, 2.75) is 32.9 Å². The summed E-state index contributed by atoms with van der Waals surface area (Å²) in [4.78, 5) is 26.6. The molecule has 0 aliphatic heterocycles. The predicted octanol–water partition coefficient (Wildman–Crippen LogP) is 3.58. The molecule has 1 unspecified atom stereocenters. The van der Waals surface area contributed by atoms with Crippen molar-refractivity contribution < 1.29 is 14.0 Å². The quantitative estimate of drug-likeness (QED) is 0.803. The minimum Gasteiger partial charge on any atom is -0.355 e. The summed E-state index contributed by atoms with van der Waals surface area (Å²) >= 11 is 5.91. The van der Waals surface area contributed by atoms with E-state index in [-0.39, 0.29) is 30.6 Å². The van der Waals surface area contributed by atoms with E-state index in [0.717, 1.165) is 5.56 Å². The highest BCUT2D eigenvalue weighted by Crippen LogP contribution is 2.15. The lowest BCUT2D eigenvalue weighted by Crippen LogP contribution is -2.48. The Bertz CT molecular complexity index is 747. The fraction of sp³-hybridized carbons (Fsp3) is 0.300. The van der Waals surface area contributed by atoms with Crippen molar-refractivity contribution in [3.63, 3.8) is 0 Å². The number of likely N-dealkylation sites (N-methyl/N-ethyl adjacent to an activating group) is 1. The van der Waals surface area contributed by atoms with E-state index in [1.165, 1.54) is 17.0 Å². The lowest BCUT2D eigenvalue weighted by Gasteiger charge is -2.29. The van der Waals surface area contributed by atoms with Crippen LogP contribution in [0, 0.1) is 5.82 Å². The minimum atomic E-state index is -0.626. The van der Waals surface area contributed by atoms with Crippen LogP contribution >= 0.6 is 11.6 Å². The molecule has 6 heteroatoms. The molecule has 26 heavy (non-hydrogen) atoms. The Kier molecular flexibility index (Phi) is 7.16. The number of benzene rings is 2. The van der Waals surface area contributed by atoms with Gasteiger partial charge < -0.3 is 10.2 Å². The smallest absolute Gasteiger partial charge is 0.242 e. The fourth-order valence-electron chi connectivity index (χ4n) is 2.57. The maximum Gasteiger partial charge on any atom is 0.242 e. The summed E-state index contributed by atoms with van der Waals surface area (Å²) in [6.07, 6.45) is 0.0949. The molecule has 0 saturated heterocycles. The van der Waals surface area contributed by atoms with Gasteiger partial charge in [0.15, 0.2) is 0 Å². The molecule has 2 amide bonds. The number of halogens is 2. The molecule has 138 valence electrons. The Balaban J connectivity index is 2.20. The monoisotopic (exact) mass is 376 g/mol. The van der Waals surface area contributed by atoms with Crippen LogP contribution in [-0.4, -0.2) is 29.3 Å². The fourth-order valence-corrected chi connectivity index (χ4v) is 2.70. The summed E-state index contributed by atoms with van der Waals surface area (Å²) in [7, 11) is 0. The van der Waals surface area contributed by atoms with Crippen LogP contribution in [0.2, 0.25) is 5.02 Å². The summed E-state index contributed by atoms with van der Waals surface area (Å²) in [5.41, 5.74) is 1.57. The van der Waals surface area contributed by atoms with Crippen molar-refractivity contribution >= 4 is 23.4 Å². The third kappa shape index (κ3) is 5.56. The third-order valence-electron chi connectivity index (χ3n) is 4.05. The van der Waals surface area contributed by atoms with Crippen LogP contribution in [0.5, 0.6) is 0 Å². The first kappa shape index (κ1) is 19.9. The minimum absolute atomic E-state index is 0.0949. The number of nitrogens with one attached hydrogen (secondary N) is 1. The van der Waals surface area contributed by atoms with Crippen molar-refractivity contribution in [2.75, 3.05) is 6.54 Å². The molecule has 1 N–H and O–H groups in total. The molecule has 1 atom stereocenters. The van der Waals surface area contributed by atoms with Crippen LogP contribution < -0.4 is 5.32 Å². The number of carbonyl (C=O) groups excluding carboxylic acids is 2. The van der Waals surface area contributed by atoms with Crippen molar-refractivity contribution in [3.05, 3.63) is 70.5 Å². The van der Waals surface area contributed by atoms with Crippen LogP contribution in [0.4, 0.5) is 4.39 Å². The van der Waals surface area contributed by atoms with E-state index in [1.54, 1.807) is 31.2 Å². The summed E-state index contributed by atoms with van der Waals surface area (Å²) in [5.74, 6) is -0.769. The number of carbonyl (C=O) groups is 2. The van der Waals surface area contributed by atoms with Crippen molar-refractivity contribution in [1.82, 2.24) is 10.2 Å². The van der Waals surface area contributed by atoms with Crippen LogP contribution in [0.1, 0.15) is 25.0 Å². The summed E-state index contributed by atoms with van der Waals surface area (Å²) < 4.78 is 13.1. The number of amides is 2. The Labute approximate surface area is 158 Å². The van der Waals surface area contributed by atoms with Gasteiger partial charge in [-0.05, 0) is 49.2 Å². The largest absolute Gasteiger partial charge is 0.355 e. The Morgan fingerprint density at radius 2 is 1.65 bits per heavy atom. The highest BCUT2D eigenvalue weighted by Gasteiger charge is 2.25. The van der Waals surface area contributed by atoms with Gasteiger partial charge in [-0.25, -0.2) is 4.39 Å². The third-order valence-corrected chi connectivity index (χ3v) is 4.31. The van der Waals surface area contributed by atoms with E-state index in [9.17, 15) is 14.0 Å². The van der Waals surface area contributed by atoms with Gasteiger partial charge in [0, 0.05) is 18.1 Å². The maximum atomic E-state index is 13.1. The van der Waals surface area contributed by atoms with E-state index < -0.39 is 6.04 Å². The molecular weight excluding hydrogens is 355 g/mol. The molecule has 0 heterocycles. The van der Waals surface area contributed by atoms with Crippen LogP contribution in [0.15, 0.2) is 48.5 Å². The second-order valence-corrected chi connectivity index (χ2v) is 6.46. The first-order chi connectivity index (χ1) is 12.4. The predicted molar refractivity (Wildman–Crippen MR) is 100 cm³/mol. The van der Waals surface area contributed by atoms with Gasteiger partial charge in [0.25, 0.3) is 0 Å². The molecule has 0 saturated carbocycles. The summed E-state index contributed by atoms with van der Waals surface area (Å²) in [6, 6.07) is 12.3. The normalized spacial score (nSPS) is 11.7. The molecule has 0 spiro atoms. The average molecular weight is 377 g/mol. The first-order valence-electron chi connectivity index (χ1n) is 8.46. The zero-order valence-electron chi connectivity index (χ0n) is 14.8. The van der Waals surface area contributed by atoms with Crippen LogP contribution in [-0.2, 0) is 22.6 Å². The standard InChI is InChI=1S/C20H22ClFN2O2/c1-3-23-20(26)14(2)24(13-16-4-8-17(21)9-5-16)19(25)12-15-6-10-18(22)11-7-15/h4-11,14H,3,12-13H2,1-2H3,(H,23,26). The highest BCUT2D eigenvalue weighted by atomic mass is 35.5. The molecule has 0 radical (unpaired) electrons. The topological polar surface area (TPSA) is 49.4 Å². The molecule has 2 aromatic rings. The second-order valence-electron chi connectivity index (χ2n) is 6.02. The van der Waals surface area contributed by atoms with E-state index >= 15 is 0 Å². The lowest BCUT2D eigenvalue weighted by atomic mass is 10.1. The molecule has 2 rings (SSSR count). The molecule has 0 aromatic heterocycles. The average Bonchev–Trinajstić information content (AvgIpc) is 2.62. The first-order valence-corrected chi connectivity index (χ1v) is 8.84. The van der Waals surface area contributed by atoms with Gasteiger partial charge in [0.2, 0.25) is 11.8 Å². The molecular formula is C20H22ClFN2O2. The van der Waals surface area contributed by atoms with E-state index in [1.807, 2.05) is 19.1 Å². The Morgan fingerprint density at radius 3 is 2.23 bits per heavy atom. The zero-order chi connectivity index (χ0) is 19.1. The van der Waals surface area contributed by atoms with Crippen molar-refractivity contribution in [1.29, 1.82) is 0 Å². The number of nitrogens with zero attached hydrogens (tertiary/aromatic N) is 1. The molecule has 0 aliphatic carbocycles. The van der Waals surface area contributed by atoms with E-state index in [0.29, 0.717) is 17.1 Å². The van der Waals surface area contributed by atoms with Gasteiger partial charge in [-0.3, -0.25) is 9.59 Å². The van der Waals surface area contributed by atoms with Gasteiger partial charge >= 0.3 is 0 Å². The number of hydrogen-bond donors (Lipinski definition) is 1. The highest BCUT2D eigenvalue weighted by molar-refractivity contribution is 6.30. The number of rotatable bonds is 7. The molecule has 0 bridgehead atoms. The molecule has 0 aliphatic rings. The van der Waals surface area contributed by atoms with Crippen molar-refractivity contribution in [2.24, 2.45) is 0 Å². The van der Waals surface area contributed by atoms with Gasteiger partial charge in [0.05, 0.1) is 6.42 Å². The van der Waals surface area contributed by atoms with E-state index in [4.69, 9.17) is 11.6 Å². The molecule has 4 nitrogen and oxygen atoms in total. The van der Waals surface area contributed by atoms with E-state index in [2.05, 4.69) is 5.32 Å². The summed E-state index contributed by atoms with van der Waals surface area (Å²) in [5, 5.41) is 3.35. The molecule has 2 aromatic carbocycles. The number of hydrogen-bond acceptors (Lipinski definition) is 2. The lowest BCUT2D eigenvalue weighted by molar-refractivity contribution is -0.140. The van der Waals surface area contributed by atoms with Gasteiger partial charge in [-0.2, -0.15) is 0 Å². The zero-order valence-corrected chi connectivity index (χ0v) is 15.6. The van der Waals surface area contributed by atoms with Gasteiger partial charge in [-0.1, -0.05) is 35.9 Å². The Morgan fingerprint density at radius 1 is 1.08 bits per heavy atom.